The van der Waals surface area contributed by atoms with Crippen LogP contribution < -0.4 is 14.4 Å². The predicted molar refractivity (Wildman–Crippen MR) is 72.5 cm³/mol. The van der Waals surface area contributed by atoms with Crippen molar-refractivity contribution in [2.75, 3.05) is 32.7 Å². The van der Waals surface area contributed by atoms with Gasteiger partial charge in [0.25, 0.3) is 0 Å². The molecule has 0 saturated heterocycles. The van der Waals surface area contributed by atoms with E-state index in [2.05, 4.69) is 6.07 Å². The predicted octanol–water partition coefficient (Wildman–Crippen LogP) is 2.67. The molecule has 0 spiro atoms. The van der Waals surface area contributed by atoms with E-state index in [0.29, 0.717) is 13.0 Å². The van der Waals surface area contributed by atoms with Crippen LogP contribution in [0, 0.1) is 25.2 Å². The van der Waals surface area contributed by atoms with Gasteiger partial charge in [-0.1, -0.05) is 0 Å². The van der Waals surface area contributed by atoms with Gasteiger partial charge in [-0.05, 0) is 25.0 Å². The molecule has 1 aromatic carbocycles. The van der Waals surface area contributed by atoms with Crippen LogP contribution in [0.1, 0.15) is 17.5 Å². The van der Waals surface area contributed by atoms with Gasteiger partial charge in [0.2, 0.25) is 0 Å². The van der Waals surface area contributed by atoms with Crippen LogP contribution in [0.2, 0.25) is 0 Å². The van der Waals surface area contributed by atoms with Crippen LogP contribution in [-0.4, -0.2) is 27.8 Å². The van der Waals surface area contributed by atoms with Crippen molar-refractivity contribution >= 4 is 5.69 Å². The fourth-order valence-corrected chi connectivity index (χ4v) is 1.94. The molecule has 0 aliphatic carbocycles. The maximum Gasteiger partial charge on any atom is 0.145 e. The maximum atomic E-state index is 8.66. The van der Waals surface area contributed by atoms with E-state index in [4.69, 9.17) is 14.7 Å². The number of nitrogens with zero attached hydrogens (tertiary/aromatic N) is 2. The van der Waals surface area contributed by atoms with E-state index >= 15 is 0 Å². The lowest BCUT2D eigenvalue weighted by molar-refractivity contribution is 0.398. The highest BCUT2D eigenvalue weighted by atomic mass is 16.5. The van der Waals surface area contributed by atoms with Gasteiger partial charge >= 0.3 is 0 Å². The maximum absolute atomic E-state index is 8.66. The molecule has 0 aliphatic heterocycles. The molecule has 98 valence electrons. The van der Waals surface area contributed by atoms with Crippen molar-refractivity contribution < 1.29 is 9.47 Å². The molecule has 4 heteroatoms. The van der Waals surface area contributed by atoms with Crippen molar-refractivity contribution in [3.05, 3.63) is 17.2 Å². The van der Waals surface area contributed by atoms with Crippen LogP contribution in [-0.2, 0) is 0 Å². The lowest BCUT2D eigenvalue weighted by Crippen LogP contribution is -2.19. The molecule has 0 unspecified atom stereocenters. The van der Waals surface area contributed by atoms with Crippen LogP contribution in [0.5, 0.6) is 11.5 Å². The Hall–Kier alpha value is -1.89. The first-order valence-electron chi connectivity index (χ1n) is 5.87. The van der Waals surface area contributed by atoms with Crippen molar-refractivity contribution in [3.63, 3.8) is 0 Å². The van der Waals surface area contributed by atoms with Gasteiger partial charge < -0.3 is 14.4 Å². The van der Waals surface area contributed by atoms with E-state index in [1.165, 1.54) is 0 Å². The first-order chi connectivity index (χ1) is 8.56. The Morgan fingerprint density at radius 3 is 2.39 bits per heavy atom. The van der Waals surface area contributed by atoms with Crippen molar-refractivity contribution in [1.82, 2.24) is 0 Å². The molecule has 0 aliphatic rings. The summed E-state index contributed by atoms with van der Waals surface area (Å²) in [5, 5.41) is 8.66. The molecule has 0 saturated carbocycles. The van der Waals surface area contributed by atoms with Crippen LogP contribution in [0.25, 0.3) is 0 Å². The quantitative estimate of drug-likeness (QED) is 0.803. The molecule has 0 N–H and O–H groups in total. The minimum Gasteiger partial charge on any atom is -0.496 e. The largest absolute Gasteiger partial charge is 0.496 e. The molecule has 0 heterocycles. The summed E-state index contributed by atoms with van der Waals surface area (Å²) in [6.07, 6.45) is 0.481. The zero-order valence-corrected chi connectivity index (χ0v) is 11.7. The van der Waals surface area contributed by atoms with Crippen molar-refractivity contribution in [2.24, 2.45) is 0 Å². The highest BCUT2D eigenvalue weighted by Gasteiger charge is 2.16. The third-order valence-corrected chi connectivity index (χ3v) is 3.17. The summed E-state index contributed by atoms with van der Waals surface area (Å²) in [6, 6.07) is 4.10. The summed E-state index contributed by atoms with van der Waals surface area (Å²) < 4.78 is 10.9. The number of anilines is 1. The molecule has 0 radical (unpaired) electrons. The molecular weight excluding hydrogens is 228 g/mol. The normalized spacial score (nSPS) is 9.78. The summed E-state index contributed by atoms with van der Waals surface area (Å²) in [6.45, 7) is 4.69. The molecular formula is C14H20N2O2. The first kappa shape index (κ1) is 14.2. The first-order valence-corrected chi connectivity index (χ1v) is 5.87. The number of ether oxygens (including phenoxy) is 2. The fraction of sp³-hybridized carbons (Fsp3) is 0.500. The van der Waals surface area contributed by atoms with E-state index in [0.717, 1.165) is 28.3 Å². The van der Waals surface area contributed by atoms with E-state index in [-0.39, 0.29) is 0 Å². The molecule has 18 heavy (non-hydrogen) atoms. The topological polar surface area (TPSA) is 45.5 Å². The minimum atomic E-state index is 0.481. The van der Waals surface area contributed by atoms with Crippen molar-refractivity contribution in [2.45, 2.75) is 20.3 Å². The van der Waals surface area contributed by atoms with E-state index in [9.17, 15) is 0 Å². The molecule has 0 fully saturated rings. The van der Waals surface area contributed by atoms with Gasteiger partial charge in [0.15, 0.2) is 0 Å². The third kappa shape index (κ3) is 2.67. The van der Waals surface area contributed by atoms with E-state index in [1.54, 1.807) is 14.2 Å². The van der Waals surface area contributed by atoms with Crippen LogP contribution >= 0.6 is 0 Å². The van der Waals surface area contributed by atoms with Gasteiger partial charge in [-0.3, -0.25) is 0 Å². The Balaban J connectivity index is 3.25. The molecule has 1 aromatic rings. The average molecular weight is 248 g/mol. The van der Waals surface area contributed by atoms with E-state index < -0.39 is 0 Å². The Kier molecular flexibility index (Phi) is 4.85. The lowest BCUT2D eigenvalue weighted by atomic mass is 10.1. The molecule has 0 bridgehead atoms. The molecule has 0 aromatic heterocycles. The summed E-state index contributed by atoms with van der Waals surface area (Å²) in [7, 11) is 5.27. The Bertz CT molecular complexity index is 464. The van der Waals surface area contributed by atoms with E-state index in [1.807, 2.05) is 31.9 Å². The van der Waals surface area contributed by atoms with Gasteiger partial charge in [0.1, 0.15) is 11.5 Å². The Morgan fingerprint density at radius 2 is 1.89 bits per heavy atom. The summed E-state index contributed by atoms with van der Waals surface area (Å²) >= 11 is 0. The van der Waals surface area contributed by atoms with Gasteiger partial charge in [-0.2, -0.15) is 5.26 Å². The summed E-state index contributed by atoms with van der Waals surface area (Å²) in [5.74, 6) is 1.68. The van der Waals surface area contributed by atoms with Crippen molar-refractivity contribution in [1.29, 1.82) is 5.26 Å². The number of hydrogen-bond donors (Lipinski definition) is 0. The van der Waals surface area contributed by atoms with Gasteiger partial charge in [-0.15, -0.1) is 0 Å². The summed E-state index contributed by atoms with van der Waals surface area (Å²) in [4.78, 5) is 2.01. The number of nitriles is 1. The number of rotatable bonds is 5. The second-order valence-corrected chi connectivity index (χ2v) is 4.21. The zero-order valence-electron chi connectivity index (χ0n) is 11.7. The SMILES string of the molecule is COc1cc(N(C)CCC#N)c(OC)c(C)c1C. The Morgan fingerprint density at radius 1 is 1.22 bits per heavy atom. The van der Waals surface area contributed by atoms with Crippen LogP contribution in [0.15, 0.2) is 6.07 Å². The highest BCUT2D eigenvalue weighted by Crippen LogP contribution is 2.38. The lowest BCUT2D eigenvalue weighted by Gasteiger charge is -2.24. The van der Waals surface area contributed by atoms with Crippen LogP contribution in [0.3, 0.4) is 0 Å². The highest BCUT2D eigenvalue weighted by molar-refractivity contribution is 5.67. The second kappa shape index (κ2) is 6.15. The fourth-order valence-electron chi connectivity index (χ4n) is 1.94. The minimum absolute atomic E-state index is 0.481. The van der Waals surface area contributed by atoms with Gasteiger partial charge in [0.05, 0.1) is 32.4 Å². The smallest absolute Gasteiger partial charge is 0.145 e. The molecule has 0 atom stereocenters. The average Bonchev–Trinajstić information content (AvgIpc) is 2.38. The molecule has 0 amide bonds. The second-order valence-electron chi connectivity index (χ2n) is 4.21. The number of methoxy groups -OCH3 is 2. The van der Waals surface area contributed by atoms with Gasteiger partial charge in [-0.25, -0.2) is 0 Å². The third-order valence-electron chi connectivity index (χ3n) is 3.17. The number of hydrogen-bond acceptors (Lipinski definition) is 4. The van der Waals surface area contributed by atoms with Crippen molar-refractivity contribution in [3.8, 4) is 17.6 Å². The number of benzene rings is 1. The summed E-state index contributed by atoms with van der Waals surface area (Å²) in [5.41, 5.74) is 3.09. The monoisotopic (exact) mass is 248 g/mol. The zero-order chi connectivity index (χ0) is 13.7. The molecule has 1 rings (SSSR count). The Labute approximate surface area is 109 Å². The molecule has 4 nitrogen and oxygen atoms in total. The van der Waals surface area contributed by atoms with Crippen LogP contribution in [0.4, 0.5) is 5.69 Å². The standard InChI is InChI=1S/C14H20N2O2/c1-10-11(2)14(18-5)12(9-13(10)17-4)16(3)8-6-7-15/h9H,6,8H2,1-5H3. The van der Waals surface area contributed by atoms with Gasteiger partial charge in [0, 0.05) is 19.7 Å².